The lowest BCUT2D eigenvalue weighted by Crippen LogP contribution is -1.99. The zero-order chi connectivity index (χ0) is 18.6. The van der Waals surface area contributed by atoms with E-state index in [1.165, 1.54) is 0 Å². The monoisotopic (exact) mass is 399 g/mol. The normalized spacial score (nSPS) is 11.0. The van der Waals surface area contributed by atoms with Crippen molar-refractivity contribution < 1.29 is 9.26 Å². The molecule has 0 aliphatic carbocycles. The van der Waals surface area contributed by atoms with E-state index in [0.717, 1.165) is 33.7 Å². The topological polar surface area (TPSA) is 78.9 Å². The van der Waals surface area contributed by atoms with Gasteiger partial charge in [0.1, 0.15) is 5.75 Å². The third-order valence-corrected chi connectivity index (χ3v) is 5.74. The van der Waals surface area contributed by atoms with E-state index >= 15 is 0 Å². The van der Waals surface area contributed by atoms with Crippen LogP contribution in [0.1, 0.15) is 12.7 Å². The van der Waals surface area contributed by atoms with Crippen LogP contribution in [0.3, 0.4) is 0 Å². The van der Waals surface area contributed by atoms with Crippen molar-refractivity contribution in [2.75, 3.05) is 7.11 Å². The summed E-state index contributed by atoms with van der Waals surface area (Å²) in [4.78, 5) is 5.58. The molecule has 0 radical (unpaired) electrons. The summed E-state index contributed by atoms with van der Waals surface area (Å²) in [7, 11) is 1.63. The van der Waals surface area contributed by atoms with E-state index in [4.69, 9.17) is 9.26 Å². The summed E-state index contributed by atoms with van der Waals surface area (Å²) < 4.78 is 12.6. The van der Waals surface area contributed by atoms with Crippen molar-refractivity contribution in [2.45, 2.75) is 24.4 Å². The molecule has 0 aliphatic heterocycles. The van der Waals surface area contributed by atoms with Crippen LogP contribution in [0.25, 0.3) is 22.2 Å². The molecule has 7 nitrogen and oxygen atoms in total. The number of thioether (sulfide) groups is 1. The predicted molar refractivity (Wildman–Crippen MR) is 105 cm³/mol. The Kier molecular flexibility index (Phi) is 5.21. The van der Waals surface area contributed by atoms with Gasteiger partial charge in [-0.1, -0.05) is 23.0 Å². The molecule has 3 heterocycles. The van der Waals surface area contributed by atoms with Crippen LogP contribution >= 0.6 is 23.1 Å². The minimum Gasteiger partial charge on any atom is -0.497 e. The van der Waals surface area contributed by atoms with E-state index < -0.39 is 0 Å². The van der Waals surface area contributed by atoms with Gasteiger partial charge in [-0.25, -0.2) is 0 Å². The van der Waals surface area contributed by atoms with Gasteiger partial charge in [0.25, 0.3) is 5.89 Å². The van der Waals surface area contributed by atoms with E-state index in [1.54, 1.807) is 30.2 Å². The smallest absolute Gasteiger partial charge is 0.257 e. The van der Waals surface area contributed by atoms with Crippen molar-refractivity contribution in [1.29, 1.82) is 0 Å². The second-order valence-electron chi connectivity index (χ2n) is 5.56. The fourth-order valence-electron chi connectivity index (χ4n) is 2.56. The second kappa shape index (κ2) is 7.93. The van der Waals surface area contributed by atoms with Crippen molar-refractivity contribution in [1.82, 2.24) is 24.9 Å². The Morgan fingerprint density at radius 3 is 2.74 bits per heavy atom. The van der Waals surface area contributed by atoms with Crippen LogP contribution < -0.4 is 4.74 Å². The van der Waals surface area contributed by atoms with Crippen molar-refractivity contribution in [2.24, 2.45) is 0 Å². The molecule has 3 aromatic heterocycles. The number of benzene rings is 1. The van der Waals surface area contributed by atoms with E-state index in [2.05, 4.69) is 37.9 Å². The Bertz CT molecular complexity index is 1010. The molecule has 0 saturated carbocycles. The summed E-state index contributed by atoms with van der Waals surface area (Å²) >= 11 is 3.20. The number of hydrogen-bond donors (Lipinski definition) is 0. The van der Waals surface area contributed by atoms with Gasteiger partial charge in [0, 0.05) is 12.1 Å². The third-order valence-electron chi connectivity index (χ3n) is 3.91. The lowest BCUT2D eigenvalue weighted by atomic mass is 10.2. The maximum Gasteiger partial charge on any atom is 0.257 e. The van der Waals surface area contributed by atoms with Crippen molar-refractivity contribution in [3.8, 4) is 27.9 Å². The average Bonchev–Trinajstić information content (AvgIpc) is 3.46. The number of ether oxygens (including phenoxy) is 1. The Morgan fingerprint density at radius 2 is 2.04 bits per heavy atom. The molecule has 4 aromatic rings. The summed E-state index contributed by atoms with van der Waals surface area (Å²) in [6.45, 7) is 2.88. The molecule has 138 valence electrons. The highest BCUT2D eigenvalue weighted by Gasteiger charge is 2.16. The lowest BCUT2D eigenvalue weighted by Gasteiger charge is -2.04. The van der Waals surface area contributed by atoms with Gasteiger partial charge >= 0.3 is 0 Å². The van der Waals surface area contributed by atoms with Crippen LogP contribution in [-0.4, -0.2) is 32.0 Å². The van der Waals surface area contributed by atoms with E-state index in [-0.39, 0.29) is 0 Å². The highest BCUT2D eigenvalue weighted by atomic mass is 32.2. The zero-order valence-corrected chi connectivity index (χ0v) is 16.5. The first-order valence-electron chi connectivity index (χ1n) is 8.35. The first-order chi connectivity index (χ1) is 13.3. The molecular formula is C18H17N5O2S2. The Balaban J connectivity index is 1.47. The molecule has 9 heteroatoms. The molecule has 4 rings (SSSR count). The summed E-state index contributed by atoms with van der Waals surface area (Å²) in [6.07, 6.45) is 0. The first-order valence-corrected chi connectivity index (χ1v) is 10.2. The van der Waals surface area contributed by atoms with E-state index in [0.29, 0.717) is 17.5 Å². The quantitative estimate of drug-likeness (QED) is 0.427. The zero-order valence-electron chi connectivity index (χ0n) is 14.8. The highest BCUT2D eigenvalue weighted by Crippen LogP contribution is 2.29. The molecular weight excluding hydrogens is 382 g/mol. The summed E-state index contributed by atoms with van der Waals surface area (Å²) in [5, 5.41) is 15.6. The largest absolute Gasteiger partial charge is 0.497 e. The molecule has 0 N–H and O–H groups in total. The van der Waals surface area contributed by atoms with Crippen LogP contribution in [0.2, 0.25) is 0 Å². The molecule has 0 spiro atoms. The van der Waals surface area contributed by atoms with Crippen LogP contribution in [0, 0.1) is 0 Å². The molecule has 0 atom stereocenters. The third kappa shape index (κ3) is 3.74. The molecule has 0 aliphatic rings. The van der Waals surface area contributed by atoms with Crippen molar-refractivity contribution in [3.63, 3.8) is 0 Å². The lowest BCUT2D eigenvalue weighted by molar-refractivity contribution is 0.414. The number of methoxy groups -OCH3 is 1. The molecule has 0 unspecified atom stereocenters. The maximum atomic E-state index is 5.38. The highest BCUT2D eigenvalue weighted by molar-refractivity contribution is 7.98. The molecule has 0 bridgehead atoms. The van der Waals surface area contributed by atoms with Crippen LogP contribution in [0.15, 0.2) is 51.5 Å². The Hall–Kier alpha value is -2.65. The number of nitrogens with zero attached hydrogens (tertiary/aromatic N) is 5. The van der Waals surface area contributed by atoms with Crippen LogP contribution in [0.5, 0.6) is 5.75 Å². The first kappa shape index (κ1) is 17.7. The SMILES string of the molecule is CCn1c(SCc2noc(-c3ccc(OC)cc3)n2)nnc1-c1cccs1. The maximum absolute atomic E-state index is 5.38. The Labute approximate surface area is 164 Å². The van der Waals surface area contributed by atoms with Crippen molar-refractivity contribution in [3.05, 3.63) is 47.6 Å². The predicted octanol–water partition coefficient (Wildman–Crippen LogP) is 4.38. The minimum absolute atomic E-state index is 0.490. The summed E-state index contributed by atoms with van der Waals surface area (Å²) in [5.41, 5.74) is 0.858. The number of rotatable bonds is 7. The molecule has 1 aromatic carbocycles. The average molecular weight is 400 g/mol. The van der Waals surface area contributed by atoms with E-state index in [9.17, 15) is 0 Å². The molecule has 0 fully saturated rings. The number of aromatic nitrogens is 5. The van der Waals surface area contributed by atoms with Crippen LogP contribution in [0.4, 0.5) is 0 Å². The Morgan fingerprint density at radius 1 is 1.19 bits per heavy atom. The molecule has 27 heavy (non-hydrogen) atoms. The molecule has 0 saturated heterocycles. The summed E-state index contributed by atoms with van der Waals surface area (Å²) in [5.74, 6) is 3.34. The van der Waals surface area contributed by atoms with Gasteiger partial charge in [-0.3, -0.25) is 0 Å². The van der Waals surface area contributed by atoms with Crippen LogP contribution in [-0.2, 0) is 12.3 Å². The summed E-state index contributed by atoms with van der Waals surface area (Å²) in [6, 6.07) is 11.6. The standard InChI is InChI=1S/C18H17N5O2S2/c1-3-23-16(14-5-4-10-26-14)20-21-18(23)27-11-15-19-17(25-22-15)12-6-8-13(24-2)9-7-12/h4-10H,3,11H2,1-2H3. The second-order valence-corrected chi connectivity index (χ2v) is 7.45. The van der Waals surface area contributed by atoms with Gasteiger partial charge in [0.05, 0.1) is 17.7 Å². The van der Waals surface area contributed by atoms with Crippen molar-refractivity contribution >= 4 is 23.1 Å². The van der Waals surface area contributed by atoms with Gasteiger partial charge in [0.2, 0.25) is 0 Å². The van der Waals surface area contributed by atoms with Gasteiger partial charge in [-0.2, -0.15) is 4.98 Å². The van der Waals surface area contributed by atoms with Gasteiger partial charge in [-0.05, 0) is 42.6 Å². The fourth-order valence-corrected chi connectivity index (χ4v) is 4.12. The van der Waals surface area contributed by atoms with Gasteiger partial charge in [-0.15, -0.1) is 21.5 Å². The fraction of sp³-hybridized carbons (Fsp3) is 0.222. The number of hydrogen-bond acceptors (Lipinski definition) is 8. The molecule has 0 amide bonds. The minimum atomic E-state index is 0.490. The number of thiophene rings is 1. The van der Waals surface area contributed by atoms with E-state index in [1.807, 2.05) is 35.7 Å². The van der Waals surface area contributed by atoms with Gasteiger partial charge in [0.15, 0.2) is 16.8 Å². The van der Waals surface area contributed by atoms with Gasteiger partial charge < -0.3 is 13.8 Å².